The number of pyridine rings is 1. The molecule has 28 heavy (non-hydrogen) atoms. The number of halogens is 7. The molecule has 0 radical (unpaired) electrons. The van der Waals surface area contributed by atoms with Crippen LogP contribution in [0.3, 0.4) is 0 Å². The molecule has 0 bridgehead atoms. The third-order valence-electron chi connectivity index (χ3n) is 3.41. The number of aliphatic hydroxyl groups excluding tert-OH is 1. The van der Waals surface area contributed by atoms with Gasteiger partial charge in [-0.2, -0.15) is 13.2 Å². The van der Waals surface area contributed by atoms with Gasteiger partial charge in [0.25, 0.3) is 0 Å². The summed E-state index contributed by atoms with van der Waals surface area (Å²) in [5.74, 6) is -2.44. The van der Waals surface area contributed by atoms with E-state index in [1.807, 2.05) is 0 Å². The smallest absolute Gasteiger partial charge is 0.402 e. The normalized spacial score (nSPS) is 13.4. The highest BCUT2D eigenvalue weighted by molar-refractivity contribution is 5.65. The van der Waals surface area contributed by atoms with Crippen LogP contribution in [0.5, 0.6) is 5.75 Å². The van der Waals surface area contributed by atoms with Crippen LogP contribution in [-0.4, -0.2) is 38.9 Å². The Balaban J connectivity index is 2.55. The molecule has 0 spiro atoms. The predicted molar refractivity (Wildman–Crippen MR) is 83.5 cm³/mol. The van der Waals surface area contributed by atoms with E-state index < -0.39 is 42.7 Å². The molecule has 0 saturated heterocycles. The third-order valence-corrected chi connectivity index (χ3v) is 3.41. The first-order valence-electron chi connectivity index (χ1n) is 7.43. The lowest BCUT2D eigenvalue weighted by molar-refractivity contribution is -0.274. The highest BCUT2D eigenvalue weighted by atomic mass is 19.4. The number of rotatable bonds is 6. The van der Waals surface area contributed by atoms with E-state index in [1.165, 1.54) is 0 Å². The van der Waals surface area contributed by atoms with Gasteiger partial charge in [-0.25, -0.2) is 9.97 Å². The van der Waals surface area contributed by atoms with E-state index in [2.05, 4.69) is 21.3 Å². The van der Waals surface area contributed by atoms with Gasteiger partial charge in [-0.3, -0.25) is 4.39 Å². The average Bonchev–Trinajstić information content (AvgIpc) is 2.99. The van der Waals surface area contributed by atoms with Gasteiger partial charge in [0.1, 0.15) is 0 Å². The first kappa shape index (κ1) is 21.5. The van der Waals surface area contributed by atoms with Crippen molar-refractivity contribution >= 4 is 11.5 Å². The number of aromatic nitrogens is 3. The maximum atomic E-state index is 12.9. The zero-order valence-corrected chi connectivity index (χ0v) is 13.9. The number of nitrogens with two attached hydrogens (primary N) is 1. The van der Waals surface area contributed by atoms with Gasteiger partial charge in [0.05, 0.1) is 12.4 Å². The van der Waals surface area contributed by atoms with E-state index in [-0.39, 0.29) is 23.4 Å². The zero-order valence-electron chi connectivity index (χ0n) is 13.9. The highest BCUT2D eigenvalue weighted by Gasteiger charge is 2.43. The minimum absolute atomic E-state index is 0.158. The summed E-state index contributed by atoms with van der Waals surface area (Å²) in [6, 6.07) is 0.768. The molecule has 0 aliphatic rings. The maximum absolute atomic E-state index is 12.9. The van der Waals surface area contributed by atoms with E-state index >= 15 is 0 Å². The quantitative estimate of drug-likeness (QED) is 0.702. The second-order valence-corrected chi connectivity index (χ2v) is 5.46. The van der Waals surface area contributed by atoms with Crippen molar-refractivity contribution in [1.82, 2.24) is 14.5 Å². The Morgan fingerprint density at radius 2 is 1.93 bits per heavy atom. The van der Waals surface area contributed by atoms with Crippen molar-refractivity contribution in [2.24, 2.45) is 0 Å². The minimum Gasteiger partial charge on any atom is -0.402 e. The lowest BCUT2D eigenvalue weighted by Crippen LogP contribution is -2.23. The van der Waals surface area contributed by atoms with Crippen LogP contribution in [0.15, 0.2) is 25.0 Å². The van der Waals surface area contributed by atoms with E-state index in [1.54, 1.807) is 0 Å². The second-order valence-electron chi connectivity index (χ2n) is 5.46. The summed E-state index contributed by atoms with van der Waals surface area (Å²) in [6.45, 7) is 2.48. The van der Waals surface area contributed by atoms with Gasteiger partial charge in [-0.05, 0) is 6.07 Å². The molecule has 0 aliphatic carbocycles. The summed E-state index contributed by atoms with van der Waals surface area (Å²) in [5.41, 5.74) is 4.66. The molecule has 0 amide bonds. The largest absolute Gasteiger partial charge is 0.573 e. The topological polar surface area (TPSA) is 86.2 Å². The first-order chi connectivity index (χ1) is 12.8. The molecule has 0 aromatic carbocycles. The van der Waals surface area contributed by atoms with Gasteiger partial charge in [0, 0.05) is 30.1 Å². The van der Waals surface area contributed by atoms with Crippen molar-refractivity contribution in [3.63, 3.8) is 0 Å². The fourth-order valence-corrected chi connectivity index (χ4v) is 2.16. The zero-order chi connectivity index (χ0) is 21.3. The molecule has 6 nitrogen and oxygen atoms in total. The number of nitrogen functional groups attached to an aromatic ring is 1. The number of aliphatic hydroxyl groups is 1. The Morgan fingerprint density at radius 3 is 2.46 bits per heavy atom. The maximum Gasteiger partial charge on any atom is 0.573 e. The van der Waals surface area contributed by atoms with Crippen LogP contribution >= 0.6 is 0 Å². The number of alkyl halides is 7. The van der Waals surface area contributed by atoms with Gasteiger partial charge in [0.15, 0.2) is 17.4 Å². The summed E-state index contributed by atoms with van der Waals surface area (Å²) in [6.07, 6.45) is -11.7. The Hall–Kier alpha value is -2.83. The molecule has 0 saturated carbocycles. The summed E-state index contributed by atoms with van der Waals surface area (Å²) < 4.78 is 92.9. The Labute approximate surface area is 153 Å². The number of ether oxygens (including phenoxy) is 1. The van der Waals surface area contributed by atoms with Gasteiger partial charge in [-0.15, -0.1) is 13.2 Å². The molecule has 2 rings (SSSR count). The van der Waals surface area contributed by atoms with Gasteiger partial charge in [-0.1, -0.05) is 6.58 Å². The van der Waals surface area contributed by atoms with Crippen LogP contribution in [0.1, 0.15) is 18.3 Å². The number of imidazole rings is 1. The molecule has 154 valence electrons. The highest BCUT2D eigenvalue weighted by Crippen LogP contribution is 2.36. The monoisotopic (exact) mass is 414 g/mol. The molecule has 1 unspecified atom stereocenters. The van der Waals surface area contributed by atoms with Crippen molar-refractivity contribution in [2.45, 2.75) is 25.1 Å². The Morgan fingerprint density at radius 1 is 1.29 bits per heavy atom. The van der Waals surface area contributed by atoms with Crippen molar-refractivity contribution in [2.75, 3.05) is 12.4 Å². The molecular formula is C15H13F7N4O2. The van der Waals surface area contributed by atoms with Crippen LogP contribution in [-0.2, 0) is 0 Å². The number of nitrogens with zero attached hydrogens (tertiary/aromatic N) is 3. The fourth-order valence-electron chi connectivity index (χ4n) is 2.16. The lowest BCUT2D eigenvalue weighted by atomic mass is 10.2. The lowest BCUT2D eigenvalue weighted by Gasteiger charge is -2.16. The van der Waals surface area contributed by atoms with Crippen molar-refractivity contribution in [3.05, 3.63) is 30.9 Å². The molecule has 1 atom stereocenters. The molecule has 3 N–H and O–H groups in total. The number of hydrogen-bond donors (Lipinski definition) is 2. The van der Waals surface area contributed by atoms with E-state index in [4.69, 9.17) is 5.73 Å². The van der Waals surface area contributed by atoms with E-state index in [0.29, 0.717) is 4.57 Å². The number of hydrogen-bond acceptors (Lipinski definition) is 5. The Kier molecular flexibility index (Phi) is 5.87. The minimum atomic E-state index is -5.10. The molecule has 0 aliphatic heterocycles. The standard InChI is InChI=1S/C15H13F7N4O2/c1-7(2-3-16)26-6-9(25-13(26)11(27)14(17,18)19)8-4-10(12(23)24-5-8)28-15(20,21)22/h4-6,11,27H,1-3H2,(H2,23,24). The first-order valence-corrected chi connectivity index (χ1v) is 7.43. The van der Waals surface area contributed by atoms with Crippen LogP contribution in [0.25, 0.3) is 17.0 Å². The van der Waals surface area contributed by atoms with Crippen LogP contribution < -0.4 is 10.5 Å². The van der Waals surface area contributed by atoms with Crippen molar-refractivity contribution in [3.8, 4) is 17.0 Å². The van der Waals surface area contributed by atoms with Crippen molar-refractivity contribution < 1.29 is 40.6 Å². The summed E-state index contributed by atoms with van der Waals surface area (Å²) >= 11 is 0. The fraction of sp³-hybridized carbons (Fsp3) is 0.333. The van der Waals surface area contributed by atoms with E-state index in [9.17, 15) is 35.8 Å². The summed E-state index contributed by atoms with van der Waals surface area (Å²) in [4.78, 5) is 7.10. The predicted octanol–water partition coefficient (Wildman–Crippen LogP) is 3.85. The average molecular weight is 414 g/mol. The summed E-state index contributed by atoms with van der Waals surface area (Å²) in [7, 11) is 0. The third kappa shape index (κ3) is 4.91. The van der Waals surface area contributed by atoms with Crippen LogP contribution in [0, 0.1) is 0 Å². The van der Waals surface area contributed by atoms with Gasteiger partial charge in [0.2, 0.25) is 6.10 Å². The molecule has 2 aromatic rings. The molecule has 2 heterocycles. The van der Waals surface area contributed by atoms with Gasteiger partial charge >= 0.3 is 12.5 Å². The number of anilines is 1. The van der Waals surface area contributed by atoms with Crippen LogP contribution in [0.2, 0.25) is 0 Å². The second kappa shape index (κ2) is 7.66. The molecular weight excluding hydrogens is 401 g/mol. The van der Waals surface area contributed by atoms with Gasteiger partial charge < -0.3 is 20.1 Å². The number of allylic oxidation sites excluding steroid dienone is 1. The Bertz CT molecular complexity index is 861. The molecule has 0 fully saturated rings. The molecule has 2 aromatic heterocycles. The van der Waals surface area contributed by atoms with Crippen molar-refractivity contribution in [1.29, 1.82) is 0 Å². The summed E-state index contributed by atoms with van der Waals surface area (Å²) in [5, 5.41) is 9.51. The van der Waals surface area contributed by atoms with E-state index in [0.717, 1.165) is 18.5 Å². The van der Waals surface area contributed by atoms with Crippen LogP contribution in [0.4, 0.5) is 36.6 Å². The SMILES string of the molecule is C=C(CCF)n1cc(-c2cnc(N)c(OC(F)(F)F)c2)nc1C(O)C(F)(F)F. The molecule has 13 heteroatoms.